The topological polar surface area (TPSA) is 96.0 Å². The third-order valence-electron chi connectivity index (χ3n) is 1.31. The Bertz CT molecular complexity index is 417. The molecule has 0 aromatic carbocycles. The molecular weight excluding hydrogens is 353 g/mol. The van der Waals surface area contributed by atoms with Gasteiger partial charge in [0.15, 0.2) is 0 Å². The Kier molecular flexibility index (Phi) is 7.31. The minimum absolute atomic E-state index is 0.0800. The number of rotatable bonds is 6. The largest absolute Gasteiger partial charge is 0.715 e. The smallest absolute Gasteiger partial charge is 0.464 e. The fraction of sp³-hybridized carbons (Fsp3) is 0.833. The minimum atomic E-state index is -4.75. The fourth-order valence-corrected chi connectivity index (χ4v) is 2.80. The first-order valence-electron chi connectivity index (χ1n) is 4.32. The predicted molar refractivity (Wildman–Crippen MR) is 65.1 cm³/mol. The van der Waals surface area contributed by atoms with Crippen molar-refractivity contribution in [2.24, 2.45) is 0 Å². The summed E-state index contributed by atoms with van der Waals surface area (Å²) < 4.78 is 43.6. The molecule has 0 aliphatic heterocycles. The van der Waals surface area contributed by atoms with Crippen LogP contribution in [0.15, 0.2) is 0 Å². The molecule has 0 aliphatic rings. The molecule has 0 amide bonds. The minimum Gasteiger partial charge on any atom is -0.464 e. The van der Waals surface area contributed by atoms with Crippen molar-refractivity contribution in [3.8, 4) is 0 Å². The Morgan fingerprint density at radius 3 is 2.28 bits per heavy atom. The number of hydrogen-bond acceptors (Lipinski definition) is 7. The summed E-state index contributed by atoms with van der Waals surface area (Å²) in [6, 6.07) is 0. The highest BCUT2D eigenvalue weighted by molar-refractivity contribution is 7.95. The number of ether oxygens (including phenoxy) is 1. The number of hydrogen-bond donors (Lipinski definition) is 0. The second-order valence-corrected chi connectivity index (χ2v) is 8.43. The van der Waals surface area contributed by atoms with Crippen LogP contribution in [0.3, 0.4) is 0 Å². The van der Waals surface area contributed by atoms with Gasteiger partial charge in [-0.3, -0.25) is 0 Å². The van der Waals surface area contributed by atoms with Crippen molar-refractivity contribution in [2.75, 3.05) is 6.61 Å². The fourth-order valence-electron chi connectivity index (χ4n) is 0.572. The van der Waals surface area contributed by atoms with Crippen molar-refractivity contribution >= 4 is 59.1 Å². The van der Waals surface area contributed by atoms with E-state index >= 15 is 0 Å². The van der Waals surface area contributed by atoms with Gasteiger partial charge in [0.25, 0.3) is 0 Å². The Morgan fingerprint density at radius 2 is 1.89 bits per heavy atom. The number of esters is 1. The third-order valence-corrected chi connectivity index (χ3v) is 5.33. The van der Waals surface area contributed by atoms with Crippen LogP contribution in [0, 0.1) is 0 Å². The SMILES string of the molecule is CCOC(=O)C(C)O[P+](=O)OS(=O)(=O)C(Cl)(Cl)Cl. The summed E-state index contributed by atoms with van der Waals surface area (Å²) in [4.78, 5) is 11.1. The zero-order valence-corrected chi connectivity index (χ0v) is 13.1. The monoisotopic (exact) mass is 361 g/mol. The molecule has 0 heterocycles. The standard InChI is InChI=1S/C6H9Cl3O7PS/c1-3-14-5(10)4(2)15-17(11)16-18(12,13)6(7,8)9/h4H,3H2,1-2H3/q+1. The average Bonchev–Trinajstić information content (AvgIpc) is 2.14. The molecule has 0 radical (unpaired) electrons. The van der Waals surface area contributed by atoms with Gasteiger partial charge in [-0.2, -0.15) is 8.42 Å². The molecule has 0 aromatic heterocycles. The first kappa shape index (κ1) is 18.3. The summed E-state index contributed by atoms with van der Waals surface area (Å²) in [5.74, 6) is -0.837. The lowest BCUT2D eigenvalue weighted by molar-refractivity contribution is -0.150. The lowest BCUT2D eigenvalue weighted by Crippen LogP contribution is -2.23. The summed E-state index contributed by atoms with van der Waals surface area (Å²) in [7, 11) is -7.95. The summed E-state index contributed by atoms with van der Waals surface area (Å²) in [6.45, 7) is 2.82. The number of carbonyl (C=O) groups excluding carboxylic acids is 1. The summed E-state index contributed by atoms with van der Waals surface area (Å²) in [5, 5.41) is 0. The van der Waals surface area contributed by atoms with Gasteiger partial charge in [0.05, 0.1) is 6.61 Å². The molecule has 0 saturated carbocycles. The van der Waals surface area contributed by atoms with Gasteiger partial charge in [-0.25, -0.2) is 4.79 Å². The molecule has 0 aliphatic carbocycles. The van der Waals surface area contributed by atoms with Gasteiger partial charge in [-0.05, 0) is 13.8 Å². The Balaban J connectivity index is 4.51. The van der Waals surface area contributed by atoms with Crippen molar-refractivity contribution in [3.05, 3.63) is 0 Å². The number of carbonyl (C=O) groups is 1. The third kappa shape index (κ3) is 5.97. The highest BCUT2D eigenvalue weighted by Crippen LogP contribution is 2.40. The molecule has 0 bridgehead atoms. The van der Waals surface area contributed by atoms with Crippen LogP contribution in [-0.2, 0) is 32.7 Å². The average molecular weight is 363 g/mol. The molecule has 0 spiro atoms. The Labute approximate surface area is 120 Å². The summed E-state index contributed by atoms with van der Waals surface area (Å²) in [6.07, 6.45) is -1.29. The van der Waals surface area contributed by atoms with Gasteiger partial charge in [-0.15, -0.1) is 4.52 Å². The van der Waals surface area contributed by atoms with Crippen molar-refractivity contribution < 1.29 is 31.0 Å². The molecule has 106 valence electrons. The maximum absolute atomic E-state index is 11.2. The molecule has 18 heavy (non-hydrogen) atoms. The van der Waals surface area contributed by atoms with Crippen molar-refractivity contribution in [1.29, 1.82) is 0 Å². The van der Waals surface area contributed by atoms with Crippen LogP contribution in [-0.4, -0.2) is 30.2 Å². The number of halogens is 3. The quantitative estimate of drug-likeness (QED) is 0.406. The van der Waals surface area contributed by atoms with E-state index < -0.39 is 33.6 Å². The summed E-state index contributed by atoms with van der Waals surface area (Å²) in [5.41, 5.74) is 0. The van der Waals surface area contributed by atoms with Gasteiger partial charge < -0.3 is 4.74 Å². The van der Waals surface area contributed by atoms with Gasteiger partial charge in [0, 0.05) is 8.54 Å². The van der Waals surface area contributed by atoms with Crippen LogP contribution in [0.25, 0.3) is 0 Å². The van der Waals surface area contributed by atoms with Crippen molar-refractivity contribution in [2.45, 2.75) is 23.1 Å². The zero-order valence-electron chi connectivity index (χ0n) is 9.13. The van der Waals surface area contributed by atoms with Gasteiger partial charge >= 0.3 is 27.5 Å². The molecule has 0 fully saturated rings. The first-order valence-corrected chi connectivity index (χ1v) is 7.96. The Morgan fingerprint density at radius 1 is 1.39 bits per heavy atom. The zero-order chi connectivity index (χ0) is 14.6. The normalized spacial score (nSPS) is 15.1. The predicted octanol–water partition coefficient (Wildman–Crippen LogP) is 2.29. The van der Waals surface area contributed by atoms with Crippen LogP contribution >= 0.6 is 43.1 Å². The van der Waals surface area contributed by atoms with Gasteiger partial charge in [-0.1, -0.05) is 34.8 Å². The van der Waals surface area contributed by atoms with Crippen molar-refractivity contribution in [1.82, 2.24) is 0 Å². The van der Waals surface area contributed by atoms with E-state index in [9.17, 15) is 17.8 Å². The van der Waals surface area contributed by atoms with E-state index in [-0.39, 0.29) is 6.61 Å². The molecule has 2 unspecified atom stereocenters. The second-order valence-electron chi connectivity index (χ2n) is 2.70. The molecule has 7 nitrogen and oxygen atoms in total. The van der Waals surface area contributed by atoms with Crippen LogP contribution in [0.5, 0.6) is 0 Å². The van der Waals surface area contributed by atoms with Crippen LogP contribution < -0.4 is 0 Å². The van der Waals surface area contributed by atoms with E-state index in [0.29, 0.717) is 0 Å². The maximum atomic E-state index is 11.2. The van der Waals surface area contributed by atoms with Gasteiger partial charge in [0.2, 0.25) is 6.10 Å². The van der Waals surface area contributed by atoms with E-state index in [0.717, 1.165) is 0 Å². The molecule has 0 rings (SSSR count). The van der Waals surface area contributed by atoms with Crippen LogP contribution in [0.1, 0.15) is 13.8 Å². The molecule has 0 saturated heterocycles. The highest BCUT2D eigenvalue weighted by atomic mass is 35.6. The molecule has 12 heteroatoms. The first-order chi connectivity index (χ1) is 8.01. The van der Waals surface area contributed by atoms with Gasteiger partial charge in [0.1, 0.15) is 0 Å². The second kappa shape index (κ2) is 7.19. The van der Waals surface area contributed by atoms with Crippen LogP contribution in [0.4, 0.5) is 0 Å². The van der Waals surface area contributed by atoms with E-state index in [2.05, 4.69) is 13.2 Å². The molecule has 0 N–H and O–H groups in total. The van der Waals surface area contributed by atoms with E-state index in [1.807, 2.05) is 0 Å². The number of alkyl halides is 3. The lowest BCUT2D eigenvalue weighted by atomic mass is 10.4. The Hall–Kier alpha value is 0.310. The van der Waals surface area contributed by atoms with E-state index in [4.69, 9.17) is 34.8 Å². The van der Waals surface area contributed by atoms with E-state index in [1.165, 1.54) is 6.92 Å². The lowest BCUT2D eigenvalue weighted by Gasteiger charge is -2.06. The van der Waals surface area contributed by atoms with Crippen LogP contribution in [0.2, 0.25) is 0 Å². The van der Waals surface area contributed by atoms with Crippen molar-refractivity contribution in [3.63, 3.8) is 0 Å². The highest BCUT2D eigenvalue weighted by Gasteiger charge is 2.48. The molecular formula is C6H9Cl3O7PS+. The molecule has 2 atom stereocenters. The maximum Gasteiger partial charge on any atom is 0.715 e. The summed E-state index contributed by atoms with van der Waals surface area (Å²) >= 11 is 15.2. The molecule has 0 aromatic rings. The van der Waals surface area contributed by atoms with E-state index in [1.54, 1.807) is 6.92 Å².